The molecule has 2 unspecified atom stereocenters. The Morgan fingerprint density at radius 2 is 2.21 bits per heavy atom. The van der Waals surface area contributed by atoms with Gasteiger partial charge in [0.2, 0.25) is 5.91 Å². The van der Waals surface area contributed by atoms with Gasteiger partial charge in [0.15, 0.2) is 0 Å². The summed E-state index contributed by atoms with van der Waals surface area (Å²) < 4.78 is 0. The Hall–Kier alpha value is -2.32. The van der Waals surface area contributed by atoms with Crippen molar-refractivity contribution >= 4 is 29.3 Å². The highest BCUT2D eigenvalue weighted by Gasteiger charge is 2.26. The molecule has 4 rings (SSSR count). The minimum atomic E-state index is -0.401. The quantitative estimate of drug-likeness (QED) is 0.780. The molecule has 1 saturated heterocycles. The van der Waals surface area contributed by atoms with Crippen LogP contribution in [0.25, 0.3) is 0 Å². The number of pyridine rings is 2. The van der Waals surface area contributed by atoms with E-state index in [0.717, 1.165) is 49.1 Å². The van der Waals surface area contributed by atoms with Crippen molar-refractivity contribution in [2.24, 2.45) is 11.7 Å². The highest BCUT2D eigenvalue weighted by Crippen LogP contribution is 2.28. The van der Waals surface area contributed by atoms with Crippen molar-refractivity contribution in [1.29, 1.82) is 0 Å². The molecular weight excluding hydrogens is 384 g/mol. The van der Waals surface area contributed by atoms with Crippen LogP contribution in [0.2, 0.25) is 0 Å². The van der Waals surface area contributed by atoms with Crippen LogP contribution in [0, 0.1) is 5.92 Å². The SMILES string of the molecule is CC(C(N)=O)N1CSCC2CCN(C2)c2ncccc2CNCc2cccc1n2. The van der Waals surface area contributed by atoms with Crippen molar-refractivity contribution in [2.45, 2.75) is 32.5 Å². The van der Waals surface area contributed by atoms with Crippen LogP contribution in [0.1, 0.15) is 24.6 Å². The summed E-state index contributed by atoms with van der Waals surface area (Å²) in [6.07, 6.45) is 3.04. The fourth-order valence-corrected chi connectivity index (χ4v) is 5.18. The molecule has 0 radical (unpaired) electrons. The van der Waals surface area contributed by atoms with Crippen LogP contribution in [-0.2, 0) is 17.9 Å². The van der Waals surface area contributed by atoms with Crippen LogP contribution in [0.15, 0.2) is 36.5 Å². The molecule has 4 heterocycles. The van der Waals surface area contributed by atoms with E-state index >= 15 is 0 Å². The second-order valence-electron chi connectivity index (χ2n) is 7.73. The summed E-state index contributed by atoms with van der Waals surface area (Å²) in [5, 5.41) is 3.50. The van der Waals surface area contributed by atoms with E-state index < -0.39 is 6.04 Å². The molecule has 2 aliphatic rings. The van der Waals surface area contributed by atoms with Crippen molar-refractivity contribution in [3.8, 4) is 0 Å². The predicted octanol–water partition coefficient (Wildman–Crippen LogP) is 1.98. The Labute approximate surface area is 176 Å². The third-order valence-corrected chi connectivity index (χ3v) is 6.79. The number of nitrogens with one attached hydrogen (secondary N) is 1. The molecular formula is C21H28N6OS. The zero-order valence-electron chi connectivity index (χ0n) is 16.8. The highest BCUT2D eigenvalue weighted by atomic mass is 32.2. The van der Waals surface area contributed by atoms with Gasteiger partial charge < -0.3 is 20.9 Å². The molecule has 8 heteroatoms. The number of carbonyl (C=O) groups is 1. The van der Waals surface area contributed by atoms with Gasteiger partial charge in [-0.15, -0.1) is 11.8 Å². The third kappa shape index (κ3) is 4.64. The first-order valence-corrected chi connectivity index (χ1v) is 11.3. The number of rotatable bonds is 2. The number of hydrogen-bond donors (Lipinski definition) is 2. The lowest BCUT2D eigenvalue weighted by atomic mass is 10.2. The first kappa shape index (κ1) is 20.0. The normalized spacial score (nSPS) is 21.1. The van der Waals surface area contributed by atoms with Crippen molar-refractivity contribution in [2.75, 3.05) is 34.5 Å². The second-order valence-corrected chi connectivity index (χ2v) is 8.73. The van der Waals surface area contributed by atoms with E-state index in [1.807, 2.05) is 54.0 Å². The average molecular weight is 413 g/mol. The summed E-state index contributed by atoms with van der Waals surface area (Å²) in [4.78, 5) is 25.8. The number of hydrogen-bond acceptors (Lipinski definition) is 7. The van der Waals surface area contributed by atoms with Gasteiger partial charge in [-0.1, -0.05) is 12.1 Å². The van der Waals surface area contributed by atoms with Crippen LogP contribution in [0.5, 0.6) is 0 Å². The van der Waals surface area contributed by atoms with Crippen molar-refractivity contribution in [3.63, 3.8) is 0 Å². The number of nitrogens with zero attached hydrogens (tertiary/aromatic N) is 4. The van der Waals surface area contributed by atoms with E-state index in [0.29, 0.717) is 18.3 Å². The van der Waals surface area contributed by atoms with Gasteiger partial charge in [0.1, 0.15) is 17.7 Å². The van der Waals surface area contributed by atoms with Gasteiger partial charge in [-0.2, -0.15) is 0 Å². The topological polar surface area (TPSA) is 87.4 Å². The highest BCUT2D eigenvalue weighted by molar-refractivity contribution is 7.99. The van der Waals surface area contributed by atoms with Gasteiger partial charge in [0, 0.05) is 37.9 Å². The molecule has 3 N–H and O–H groups in total. The average Bonchev–Trinajstić information content (AvgIpc) is 3.19. The van der Waals surface area contributed by atoms with Crippen LogP contribution in [-0.4, -0.2) is 46.6 Å². The van der Waals surface area contributed by atoms with Gasteiger partial charge in [-0.05, 0) is 43.2 Å². The van der Waals surface area contributed by atoms with E-state index in [4.69, 9.17) is 10.7 Å². The van der Waals surface area contributed by atoms with Crippen molar-refractivity contribution in [3.05, 3.63) is 47.8 Å². The Kier molecular flexibility index (Phi) is 6.20. The van der Waals surface area contributed by atoms with Crippen molar-refractivity contribution < 1.29 is 4.79 Å². The summed E-state index contributed by atoms with van der Waals surface area (Å²) in [6, 6.07) is 9.70. The van der Waals surface area contributed by atoms with E-state index in [1.54, 1.807) is 0 Å². The molecule has 2 aromatic rings. The molecule has 0 aliphatic carbocycles. The summed E-state index contributed by atoms with van der Waals surface area (Å²) in [5.74, 6) is 3.90. The lowest BCUT2D eigenvalue weighted by molar-refractivity contribution is -0.118. The van der Waals surface area contributed by atoms with Crippen LogP contribution < -0.4 is 20.9 Å². The van der Waals surface area contributed by atoms with Crippen LogP contribution in [0.4, 0.5) is 11.6 Å². The summed E-state index contributed by atoms with van der Waals surface area (Å²) in [5.41, 5.74) is 7.78. The molecule has 2 atom stereocenters. The molecule has 0 saturated carbocycles. The smallest absolute Gasteiger partial charge is 0.239 e. The standard InChI is InChI=1S/C21H28N6OS/c1-15(20(22)28)27-14-29-13-16-7-9-26(12-16)21-17(4-3-8-24-21)10-23-11-18-5-2-6-19(27)25-18/h2-6,8,15-16,23H,7,9-14H2,1H3,(H2,22,28). The second kappa shape index (κ2) is 9.00. The number of anilines is 2. The molecule has 0 spiro atoms. The van der Waals surface area contributed by atoms with Gasteiger partial charge in [0.05, 0.1) is 11.6 Å². The lowest BCUT2D eigenvalue weighted by Gasteiger charge is -2.28. The van der Waals surface area contributed by atoms with Crippen molar-refractivity contribution in [1.82, 2.24) is 15.3 Å². The lowest BCUT2D eigenvalue weighted by Crippen LogP contribution is -2.43. The van der Waals surface area contributed by atoms with E-state index in [9.17, 15) is 4.79 Å². The number of nitrogens with two attached hydrogens (primary N) is 1. The van der Waals surface area contributed by atoms with Gasteiger partial charge >= 0.3 is 0 Å². The molecule has 1 amide bonds. The van der Waals surface area contributed by atoms with Gasteiger partial charge in [-0.3, -0.25) is 4.79 Å². The summed E-state index contributed by atoms with van der Waals surface area (Å²) in [7, 11) is 0. The van der Waals surface area contributed by atoms with Gasteiger partial charge in [0.25, 0.3) is 0 Å². The number of carbonyl (C=O) groups excluding carboxylic acids is 1. The predicted molar refractivity (Wildman–Crippen MR) is 118 cm³/mol. The minimum absolute atomic E-state index is 0.331. The van der Waals surface area contributed by atoms with Crippen LogP contribution >= 0.6 is 11.8 Å². The maximum atomic E-state index is 11.9. The first-order valence-electron chi connectivity index (χ1n) is 10.1. The molecule has 2 aliphatic heterocycles. The number of fused-ring (bicyclic) bond motifs is 6. The largest absolute Gasteiger partial charge is 0.368 e. The summed E-state index contributed by atoms with van der Waals surface area (Å²) >= 11 is 1.85. The van der Waals surface area contributed by atoms with E-state index in [1.165, 1.54) is 5.56 Å². The molecule has 29 heavy (non-hydrogen) atoms. The monoisotopic (exact) mass is 412 g/mol. The molecule has 1 fully saturated rings. The summed E-state index contributed by atoms with van der Waals surface area (Å²) in [6.45, 7) is 5.30. The Balaban J connectivity index is 1.61. The number of amides is 1. The number of primary amides is 1. The Morgan fingerprint density at radius 3 is 3.07 bits per heavy atom. The zero-order valence-corrected chi connectivity index (χ0v) is 17.6. The third-order valence-electron chi connectivity index (χ3n) is 5.62. The maximum Gasteiger partial charge on any atom is 0.239 e. The molecule has 154 valence electrons. The Bertz CT molecular complexity index is 863. The van der Waals surface area contributed by atoms with Gasteiger partial charge in [-0.25, -0.2) is 9.97 Å². The van der Waals surface area contributed by atoms with E-state index in [2.05, 4.69) is 21.3 Å². The fraction of sp³-hybridized carbons (Fsp3) is 0.476. The van der Waals surface area contributed by atoms with E-state index in [-0.39, 0.29) is 5.91 Å². The molecule has 4 bridgehead atoms. The fourth-order valence-electron chi connectivity index (χ4n) is 3.91. The zero-order chi connectivity index (χ0) is 20.2. The minimum Gasteiger partial charge on any atom is -0.368 e. The number of thioether (sulfide) groups is 1. The number of aromatic nitrogens is 2. The Morgan fingerprint density at radius 1 is 1.31 bits per heavy atom. The molecule has 0 aromatic carbocycles. The molecule has 2 aromatic heterocycles. The van der Waals surface area contributed by atoms with Crippen LogP contribution in [0.3, 0.4) is 0 Å². The maximum absolute atomic E-state index is 11.9. The first-order chi connectivity index (χ1) is 14.1. The molecule has 7 nitrogen and oxygen atoms in total.